The van der Waals surface area contributed by atoms with Crippen LogP contribution in [0, 0.1) is 0 Å². The maximum atomic E-state index is 12.2. The van der Waals surface area contributed by atoms with E-state index >= 15 is 0 Å². The third-order valence-electron chi connectivity index (χ3n) is 3.94. The summed E-state index contributed by atoms with van der Waals surface area (Å²) in [6, 6.07) is 7.96. The minimum absolute atomic E-state index is 0.194. The molecule has 1 fully saturated rings. The highest BCUT2D eigenvalue weighted by Crippen LogP contribution is 2.35. The predicted molar refractivity (Wildman–Crippen MR) is 72.4 cm³/mol. The number of rotatable bonds is 1. The molecule has 1 aliphatic carbocycles. The second-order valence-electron chi connectivity index (χ2n) is 5.14. The summed E-state index contributed by atoms with van der Waals surface area (Å²) in [6.07, 6.45) is 0. The number of piperazine rings is 1. The Hall–Kier alpha value is -1.61. The molecule has 0 N–H and O–H groups in total. The number of allylic oxidation sites excluding steroid dienone is 1. The summed E-state index contributed by atoms with van der Waals surface area (Å²) in [5, 5.41) is 0. The highest BCUT2D eigenvalue weighted by molar-refractivity contribution is 6.19. The van der Waals surface area contributed by atoms with Gasteiger partial charge in [0.05, 0.1) is 5.70 Å². The summed E-state index contributed by atoms with van der Waals surface area (Å²) < 4.78 is 0. The first-order chi connectivity index (χ1) is 8.68. The number of carbonyl (C=O) groups is 1. The predicted octanol–water partition coefficient (Wildman–Crippen LogP) is 1.86. The molecule has 0 amide bonds. The van der Waals surface area contributed by atoms with Gasteiger partial charge in [-0.15, -0.1) is 0 Å². The topological polar surface area (TPSA) is 23.6 Å². The average molecular weight is 242 g/mol. The summed E-state index contributed by atoms with van der Waals surface area (Å²) in [5.41, 5.74) is 4.04. The van der Waals surface area contributed by atoms with E-state index < -0.39 is 0 Å². The second-order valence-corrected chi connectivity index (χ2v) is 5.14. The van der Waals surface area contributed by atoms with Crippen LogP contribution < -0.4 is 0 Å². The van der Waals surface area contributed by atoms with Gasteiger partial charge in [0.1, 0.15) is 0 Å². The number of hydrogen-bond donors (Lipinski definition) is 0. The lowest BCUT2D eigenvalue weighted by Crippen LogP contribution is -2.43. The van der Waals surface area contributed by atoms with E-state index in [9.17, 15) is 4.79 Å². The van der Waals surface area contributed by atoms with Crippen molar-refractivity contribution in [3.63, 3.8) is 0 Å². The molecule has 1 saturated heterocycles. The maximum absolute atomic E-state index is 12.2. The van der Waals surface area contributed by atoms with Crippen LogP contribution in [0.15, 0.2) is 29.8 Å². The number of nitrogens with zero attached hydrogens (tertiary/aromatic N) is 2. The van der Waals surface area contributed by atoms with Gasteiger partial charge >= 0.3 is 0 Å². The van der Waals surface area contributed by atoms with Gasteiger partial charge in [-0.1, -0.05) is 24.3 Å². The van der Waals surface area contributed by atoms with Crippen molar-refractivity contribution < 1.29 is 4.79 Å². The van der Waals surface area contributed by atoms with Crippen LogP contribution in [0.4, 0.5) is 0 Å². The lowest BCUT2D eigenvalue weighted by molar-refractivity contribution is 0.103. The SMILES string of the molecule is CC1=C(N2CCN(C)CC2)c2ccccc2C1=O. The van der Waals surface area contributed by atoms with Crippen LogP contribution in [-0.4, -0.2) is 48.8 Å². The average Bonchev–Trinajstić information content (AvgIpc) is 2.64. The van der Waals surface area contributed by atoms with E-state index in [4.69, 9.17) is 0 Å². The number of Topliss-reactive ketones (excluding diaryl/α,β-unsaturated/α-hetero) is 1. The van der Waals surface area contributed by atoms with Crippen LogP contribution >= 0.6 is 0 Å². The van der Waals surface area contributed by atoms with Crippen LogP contribution in [0.5, 0.6) is 0 Å². The molecule has 18 heavy (non-hydrogen) atoms. The Morgan fingerprint density at radius 1 is 1.00 bits per heavy atom. The molecule has 1 heterocycles. The van der Waals surface area contributed by atoms with Crippen LogP contribution in [0.2, 0.25) is 0 Å². The molecule has 0 unspecified atom stereocenters. The van der Waals surface area contributed by atoms with Crippen LogP contribution in [0.25, 0.3) is 5.70 Å². The van der Waals surface area contributed by atoms with E-state index in [1.54, 1.807) is 0 Å². The summed E-state index contributed by atoms with van der Waals surface area (Å²) in [6.45, 7) is 6.09. The molecule has 1 aromatic carbocycles. The molecule has 0 spiro atoms. The third-order valence-corrected chi connectivity index (χ3v) is 3.94. The van der Waals surface area contributed by atoms with Gasteiger partial charge in [0.15, 0.2) is 5.78 Å². The number of likely N-dealkylation sites (N-methyl/N-ethyl adjacent to an activating group) is 1. The zero-order valence-corrected chi connectivity index (χ0v) is 10.9. The zero-order valence-electron chi connectivity index (χ0n) is 10.9. The summed E-state index contributed by atoms with van der Waals surface area (Å²) >= 11 is 0. The van der Waals surface area contributed by atoms with Crippen molar-refractivity contribution in [3.8, 4) is 0 Å². The van der Waals surface area contributed by atoms with E-state index in [1.807, 2.05) is 25.1 Å². The molecule has 2 aliphatic rings. The standard InChI is InChI=1S/C15H18N2O/c1-11-14(17-9-7-16(2)8-10-17)12-5-3-4-6-13(12)15(11)18/h3-6H,7-10H2,1-2H3. The molecular formula is C15H18N2O. The minimum Gasteiger partial charge on any atom is -0.368 e. The van der Waals surface area contributed by atoms with E-state index in [-0.39, 0.29) is 5.78 Å². The van der Waals surface area contributed by atoms with Crippen molar-refractivity contribution in [2.24, 2.45) is 0 Å². The monoisotopic (exact) mass is 242 g/mol. The lowest BCUT2D eigenvalue weighted by atomic mass is 10.1. The first-order valence-electron chi connectivity index (χ1n) is 6.47. The second kappa shape index (κ2) is 4.25. The maximum Gasteiger partial charge on any atom is 0.191 e. The van der Waals surface area contributed by atoms with Crippen LogP contribution in [0.3, 0.4) is 0 Å². The molecule has 0 aromatic heterocycles. The lowest BCUT2D eigenvalue weighted by Gasteiger charge is -2.35. The molecule has 3 nitrogen and oxygen atoms in total. The Balaban J connectivity index is 1.99. The van der Waals surface area contributed by atoms with E-state index in [1.165, 1.54) is 0 Å². The molecular weight excluding hydrogens is 224 g/mol. The summed E-state index contributed by atoms with van der Waals surface area (Å²) in [5.74, 6) is 0.194. The first-order valence-corrected chi connectivity index (χ1v) is 6.47. The fraction of sp³-hybridized carbons (Fsp3) is 0.400. The summed E-state index contributed by atoms with van der Waals surface area (Å²) in [4.78, 5) is 16.9. The minimum atomic E-state index is 0.194. The van der Waals surface area contributed by atoms with Crippen molar-refractivity contribution in [2.75, 3.05) is 33.2 Å². The van der Waals surface area contributed by atoms with Gasteiger partial charge in [0.2, 0.25) is 0 Å². The van der Waals surface area contributed by atoms with Gasteiger partial charge in [-0.2, -0.15) is 0 Å². The smallest absolute Gasteiger partial charge is 0.191 e. The van der Waals surface area contributed by atoms with Crippen molar-refractivity contribution >= 4 is 11.5 Å². The van der Waals surface area contributed by atoms with Crippen LogP contribution in [-0.2, 0) is 0 Å². The number of fused-ring (bicyclic) bond motifs is 1. The van der Waals surface area contributed by atoms with E-state index in [0.29, 0.717) is 0 Å². The Kier molecular flexibility index (Phi) is 2.71. The largest absolute Gasteiger partial charge is 0.368 e. The number of benzene rings is 1. The molecule has 0 bridgehead atoms. The van der Waals surface area contributed by atoms with E-state index in [0.717, 1.165) is 48.6 Å². The van der Waals surface area contributed by atoms with Crippen molar-refractivity contribution in [1.82, 2.24) is 9.80 Å². The molecule has 0 atom stereocenters. The Labute approximate surface area is 108 Å². The number of hydrogen-bond acceptors (Lipinski definition) is 3. The van der Waals surface area contributed by atoms with Crippen LogP contribution in [0.1, 0.15) is 22.8 Å². The van der Waals surface area contributed by atoms with Crippen molar-refractivity contribution in [3.05, 3.63) is 41.0 Å². The van der Waals surface area contributed by atoms with Gasteiger partial charge in [0, 0.05) is 42.9 Å². The fourth-order valence-corrected chi connectivity index (χ4v) is 2.84. The molecule has 3 heteroatoms. The highest BCUT2D eigenvalue weighted by atomic mass is 16.1. The van der Waals surface area contributed by atoms with Gasteiger partial charge in [-0.05, 0) is 14.0 Å². The highest BCUT2D eigenvalue weighted by Gasteiger charge is 2.30. The fourth-order valence-electron chi connectivity index (χ4n) is 2.84. The van der Waals surface area contributed by atoms with Crippen molar-refractivity contribution in [2.45, 2.75) is 6.92 Å². The Morgan fingerprint density at radius 3 is 2.28 bits per heavy atom. The summed E-state index contributed by atoms with van der Waals surface area (Å²) in [7, 11) is 2.15. The molecule has 3 rings (SSSR count). The number of carbonyl (C=O) groups excluding carboxylic acids is 1. The Bertz CT molecular complexity index is 525. The molecule has 0 saturated carbocycles. The van der Waals surface area contributed by atoms with Gasteiger partial charge in [0.25, 0.3) is 0 Å². The van der Waals surface area contributed by atoms with Crippen molar-refractivity contribution in [1.29, 1.82) is 0 Å². The van der Waals surface area contributed by atoms with Gasteiger partial charge in [-0.25, -0.2) is 0 Å². The van der Waals surface area contributed by atoms with E-state index in [2.05, 4.69) is 22.9 Å². The first kappa shape index (κ1) is 11.5. The molecule has 1 aromatic rings. The van der Waals surface area contributed by atoms with Gasteiger partial charge in [-0.3, -0.25) is 4.79 Å². The third kappa shape index (κ3) is 1.66. The Morgan fingerprint density at radius 2 is 1.61 bits per heavy atom. The molecule has 1 aliphatic heterocycles. The number of ketones is 1. The normalized spacial score (nSPS) is 20.6. The van der Waals surface area contributed by atoms with Gasteiger partial charge < -0.3 is 9.80 Å². The quantitative estimate of drug-likeness (QED) is 0.751. The zero-order chi connectivity index (χ0) is 12.7. The molecule has 94 valence electrons. The molecule has 0 radical (unpaired) electrons.